The van der Waals surface area contributed by atoms with Gasteiger partial charge < -0.3 is 20.1 Å². The molecule has 326 valence electrons. The van der Waals surface area contributed by atoms with E-state index >= 15 is 0 Å². The SMILES string of the molecule is CCCCCC=CCC=CCC=CCC=CCCCCCC(=O)OC[C@H](COP(=O)(O)OCCN)OC(=O)CCCCCCC=CCC=CCC=CCCCCC. The molecule has 0 fully saturated rings. The van der Waals surface area contributed by atoms with Gasteiger partial charge in [0.25, 0.3) is 0 Å². The fourth-order valence-corrected chi connectivity index (χ4v) is 6.21. The number of ether oxygens (including phenoxy) is 2. The molecule has 0 saturated heterocycles. The van der Waals surface area contributed by atoms with Crippen LogP contribution in [0.4, 0.5) is 0 Å². The lowest BCUT2D eigenvalue weighted by atomic mass is 10.1. The first-order chi connectivity index (χ1) is 27.8. The summed E-state index contributed by atoms with van der Waals surface area (Å²) in [6.07, 6.45) is 53.2. The van der Waals surface area contributed by atoms with E-state index in [1.807, 2.05) is 0 Å². The number of hydrogen-bond acceptors (Lipinski definition) is 8. The summed E-state index contributed by atoms with van der Waals surface area (Å²) in [6, 6.07) is 0. The topological polar surface area (TPSA) is 134 Å². The van der Waals surface area contributed by atoms with Crippen LogP contribution in [0.1, 0.15) is 168 Å². The molecule has 0 aliphatic carbocycles. The molecular weight excluding hydrogens is 737 g/mol. The first-order valence-electron chi connectivity index (χ1n) is 22.1. The lowest BCUT2D eigenvalue weighted by molar-refractivity contribution is -0.161. The Labute approximate surface area is 347 Å². The Bertz CT molecular complexity index is 1210. The van der Waals surface area contributed by atoms with Gasteiger partial charge in [-0.25, -0.2) is 4.57 Å². The van der Waals surface area contributed by atoms with Gasteiger partial charge in [0, 0.05) is 19.4 Å². The molecule has 0 saturated carbocycles. The van der Waals surface area contributed by atoms with E-state index < -0.39 is 32.5 Å². The fraction of sp³-hybridized carbons (Fsp3) is 0.660. The van der Waals surface area contributed by atoms with Crippen molar-refractivity contribution in [1.29, 1.82) is 0 Å². The molecule has 1 unspecified atom stereocenters. The van der Waals surface area contributed by atoms with Crippen molar-refractivity contribution in [1.82, 2.24) is 0 Å². The minimum atomic E-state index is -4.40. The van der Waals surface area contributed by atoms with E-state index in [2.05, 4.69) is 98.9 Å². The minimum Gasteiger partial charge on any atom is -0.462 e. The van der Waals surface area contributed by atoms with Crippen LogP contribution < -0.4 is 5.73 Å². The summed E-state index contributed by atoms with van der Waals surface area (Å²) in [7, 11) is -4.40. The molecule has 3 N–H and O–H groups in total. The number of carbonyl (C=O) groups excluding carboxylic acids is 2. The average molecular weight is 818 g/mol. The lowest BCUT2D eigenvalue weighted by Gasteiger charge is -2.19. The highest BCUT2D eigenvalue weighted by atomic mass is 31.2. The smallest absolute Gasteiger partial charge is 0.462 e. The number of nitrogens with two attached hydrogens (primary N) is 1. The Balaban J connectivity index is 4.28. The molecule has 0 amide bonds. The molecule has 0 aliphatic rings. The molecule has 2 atom stereocenters. The average Bonchev–Trinajstić information content (AvgIpc) is 3.20. The monoisotopic (exact) mass is 818 g/mol. The Kier molecular flexibility index (Phi) is 40.7. The standard InChI is InChI=1S/C47H80NO8P/c1-3-5-7-9-11-13-15-17-19-21-22-24-25-27-29-31-33-35-37-39-46(49)53-43-45(44-55-57(51,52)54-42-41-48)56-47(50)40-38-36-34-32-30-28-26-23-20-18-16-14-12-10-8-6-4-2/h11-14,17-20,22,24,26-29,45H,3-10,15-16,21,23,25,30-44,48H2,1-2H3,(H,51,52)/t45-/m1/s1. The summed E-state index contributed by atoms with van der Waals surface area (Å²) < 4.78 is 32.7. The van der Waals surface area contributed by atoms with Crippen molar-refractivity contribution in [2.24, 2.45) is 5.73 Å². The molecular formula is C47H80NO8P. The molecule has 10 heteroatoms. The van der Waals surface area contributed by atoms with Crippen molar-refractivity contribution >= 4 is 19.8 Å². The minimum absolute atomic E-state index is 0.0402. The van der Waals surface area contributed by atoms with Crippen LogP contribution in [-0.2, 0) is 32.7 Å². The van der Waals surface area contributed by atoms with Crippen LogP contribution in [0, 0.1) is 0 Å². The Hall–Kier alpha value is -2.81. The largest absolute Gasteiger partial charge is 0.472 e. The summed E-state index contributed by atoms with van der Waals surface area (Å²) in [5.74, 6) is -0.898. The molecule has 0 aromatic heterocycles. The molecule has 0 radical (unpaired) electrons. The van der Waals surface area contributed by atoms with Crippen molar-refractivity contribution in [3.63, 3.8) is 0 Å². The third-order valence-corrected chi connectivity index (χ3v) is 9.74. The number of unbranched alkanes of at least 4 members (excludes halogenated alkanes) is 13. The summed E-state index contributed by atoms with van der Waals surface area (Å²) in [6.45, 7) is 3.59. The fourth-order valence-electron chi connectivity index (χ4n) is 5.45. The molecule has 0 aromatic carbocycles. The van der Waals surface area contributed by atoms with Crippen LogP contribution in [-0.4, -0.2) is 49.3 Å². The lowest BCUT2D eigenvalue weighted by Crippen LogP contribution is -2.29. The number of phosphoric acid groups is 1. The van der Waals surface area contributed by atoms with E-state index in [1.54, 1.807) is 0 Å². The van der Waals surface area contributed by atoms with Gasteiger partial charge >= 0.3 is 19.8 Å². The van der Waals surface area contributed by atoms with Crippen molar-refractivity contribution in [2.75, 3.05) is 26.4 Å². The van der Waals surface area contributed by atoms with Crippen LogP contribution in [0.25, 0.3) is 0 Å². The second-order valence-electron chi connectivity index (χ2n) is 14.2. The first-order valence-corrected chi connectivity index (χ1v) is 23.6. The normalized spacial score (nSPS) is 14.1. The van der Waals surface area contributed by atoms with Gasteiger partial charge in [-0.3, -0.25) is 18.6 Å². The van der Waals surface area contributed by atoms with Crippen molar-refractivity contribution in [3.05, 3.63) is 85.1 Å². The molecule has 0 aromatic rings. The number of carbonyl (C=O) groups is 2. The molecule has 0 spiro atoms. The van der Waals surface area contributed by atoms with E-state index in [4.69, 9.17) is 24.3 Å². The molecule has 57 heavy (non-hydrogen) atoms. The van der Waals surface area contributed by atoms with Gasteiger partial charge in [0.1, 0.15) is 6.61 Å². The number of rotatable bonds is 40. The van der Waals surface area contributed by atoms with E-state index in [1.165, 1.54) is 51.4 Å². The number of hydrogen-bond donors (Lipinski definition) is 2. The van der Waals surface area contributed by atoms with E-state index in [0.717, 1.165) is 77.0 Å². The molecule has 0 heterocycles. The zero-order valence-corrected chi connectivity index (χ0v) is 36.7. The highest BCUT2D eigenvalue weighted by Gasteiger charge is 2.26. The number of phosphoric ester groups is 1. The predicted molar refractivity (Wildman–Crippen MR) is 238 cm³/mol. The summed E-state index contributed by atoms with van der Waals surface area (Å²) in [5.41, 5.74) is 5.34. The zero-order valence-electron chi connectivity index (χ0n) is 35.8. The summed E-state index contributed by atoms with van der Waals surface area (Å²) in [5, 5.41) is 0. The van der Waals surface area contributed by atoms with Crippen LogP contribution >= 0.6 is 7.82 Å². The van der Waals surface area contributed by atoms with Crippen LogP contribution in [0.5, 0.6) is 0 Å². The highest BCUT2D eigenvalue weighted by molar-refractivity contribution is 7.47. The maximum atomic E-state index is 12.6. The quantitative estimate of drug-likeness (QED) is 0.0268. The van der Waals surface area contributed by atoms with Gasteiger partial charge in [0.2, 0.25) is 0 Å². The Morgan fingerprint density at radius 1 is 0.526 bits per heavy atom. The van der Waals surface area contributed by atoms with Crippen LogP contribution in [0.15, 0.2) is 85.1 Å². The highest BCUT2D eigenvalue weighted by Crippen LogP contribution is 2.43. The third-order valence-electron chi connectivity index (χ3n) is 8.75. The van der Waals surface area contributed by atoms with Gasteiger partial charge in [-0.2, -0.15) is 0 Å². The number of allylic oxidation sites excluding steroid dienone is 14. The summed E-state index contributed by atoms with van der Waals surface area (Å²) >= 11 is 0. The van der Waals surface area contributed by atoms with Gasteiger partial charge in [-0.05, 0) is 96.3 Å². The van der Waals surface area contributed by atoms with Gasteiger partial charge in [0.15, 0.2) is 6.10 Å². The van der Waals surface area contributed by atoms with Gasteiger partial charge in [-0.1, -0.05) is 144 Å². The summed E-state index contributed by atoms with van der Waals surface area (Å²) in [4.78, 5) is 34.9. The van der Waals surface area contributed by atoms with E-state index in [0.29, 0.717) is 12.8 Å². The molecule has 0 bridgehead atoms. The van der Waals surface area contributed by atoms with Crippen molar-refractivity contribution in [2.45, 2.75) is 174 Å². The zero-order chi connectivity index (χ0) is 41.8. The molecule has 9 nitrogen and oxygen atoms in total. The van der Waals surface area contributed by atoms with E-state index in [9.17, 15) is 19.0 Å². The molecule has 0 rings (SSSR count). The maximum Gasteiger partial charge on any atom is 0.472 e. The molecule has 0 aliphatic heterocycles. The second-order valence-corrected chi connectivity index (χ2v) is 15.7. The third kappa shape index (κ3) is 42.6. The van der Waals surface area contributed by atoms with Crippen LogP contribution in [0.3, 0.4) is 0 Å². The van der Waals surface area contributed by atoms with Crippen molar-refractivity contribution in [3.8, 4) is 0 Å². The Morgan fingerprint density at radius 3 is 1.35 bits per heavy atom. The van der Waals surface area contributed by atoms with Crippen molar-refractivity contribution < 1.29 is 37.6 Å². The van der Waals surface area contributed by atoms with Crippen LogP contribution in [0.2, 0.25) is 0 Å². The van der Waals surface area contributed by atoms with Gasteiger partial charge in [-0.15, -0.1) is 0 Å². The number of esters is 2. The Morgan fingerprint density at radius 2 is 0.912 bits per heavy atom. The first kappa shape index (κ1) is 54.2. The predicted octanol–water partition coefficient (Wildman–Crippen LogP) is 12.8. The maximum absolute atomic E-state index is 12.6. The van der Waals surface area contributed by atoms with E-state index in [-0.39, 0.29) is 32.6 Å². The second kappa shape index (κ2) is 42.8. The van der Waals surface area contributed by atoms with Gasteiger partial charge in [0.05, 0.1) is 13.2 Å².